The third kappa shape index (κ3) is 2.92. The number of hydrogen-bond donors (Lipinski definition) is 1. The van der Waals surface area contributed by atoms with E-state index in [1.165, 1.54) is 7.11 Å². The Balaban J connectivity index is 2.96. The van der Waals surface area contributed by atoms with Gasteiger partial charge in [-0.05, 0) is 34.5 Å². The van der Waals surface area contributed by atoms with Crippen molar-refractivity contribution >= 4 is 15.9 Å². The van der Waals surface area contributed by atoms with Crippen molar-refractivity contribution in [2.45, 2.75) is 23.8 Å². The molecule has 0 aliphatic heterocycles. The van der Waals surface area contributed by atoms with Crippen LogP contribution in [0.2, 0.25) is 0 Å². The summed E-state index contributed by atoms with van der Waals surface area (Å²) in [5.74, 6) is 0.486. The van der Waals surface area contributed by atoms with Crippen molar-refractivity contribution in [2.75, 3.05) is 7.11 Å². The van der Waals surface area contributed by atoms with Gasteiger partial charge < -0.3 is 9.84 Å². The highest BCUT2D eigenvalue weighted by atomic mass is 79.9. The Morgan fingerprint density at radius 3 is 2.44 bits per heavy atom. The second-order valence-corrected chi connectivity index (χ2v) is 4.76. The Morgan fingerprint density at radius 2 is 1.94 bits per heavy atom. The molecule has 0 radical (unpaired) electrons. The summed E-state index contributed by atoms with van der Waals surface area (Å²) < 4.78 is 31.1. The molecule has 0 spiro atoms. The molecule has 2 nitrogen and oxygen atoms in total. The van der Waals surface area contributed by atoms with Crippen LogP contribution in [-0.4, -0.2) is 22.6 Å². The van der Waals surface area contributed by atoms with Crippen molar-refractivity contribution in [1.82, 2.24) is 0 Å². The zero-order chi connectivity index (χ0) is 12.4. The normalized spacial score (nSPS) is 15.6. The fourth-order valence-electron chi connectivity index (χ4n) is 1.32. The van der Waals surface area contributed by atoms with Gasteiger partial charge in [-0.3, -0.25) is 0 Å². The average molecular weight is 295 g/mol. The molecule has 1 aromatic carbocycles. The van der Waals surface area contributed by atoms with Gasteiger partial charge in [-0.25, -0.2) is 0 Å². The van der Waals surface area contributed by atoms with Gasteiger partial charge in [0.15, 0.2) is 0 Å². The molecule has 1 atom stereocenters. The second kappa shape index (κ2) is 4.67. The fourth-order valence-corrected chi connectivity index (χ4v) is 1.46. The first-order valence-corrected chi connectivity index (χ1v) is 5.48. The Bertz CT molecular complexity index is 361. The summed E-state index contributed by atoms with van der Waals surface area (Å²) in [6.45, 7) is 1.08. The lowest BCUT2D eigenvalue weighted by Gasteiger charge is -2.28. The molecule has 0 bridgehead atoms. The molecule has 0 heterocycles. The lowest BCUT2D eigenvalue weighted by Crippen LogP contribution is -2.42. The standard InChI is InChI=1S/C11H13BrF2O2/c1-10(15,11(12,13)14)7-8-5-3-4-6-9(8)16-2/h3-6,15H,7H2,1-2H3. The van der Waals surface area contributed by atoms with Gasteiger partial charge in [0.25, 0.3) is 0 Å². The summed E-state index contributed by atoms with van der Waals surface area (Å²) in [6.07, 6.45) is -0.199. The first-order valence-electron chi connectivity index (χ1n) is 4.69. The first kappa shape index (κ1) is 13.4. The van der Waals surface area contributed by atoms with Gasteiger partial charge in [-0.2, -0.15) is 8.78 Å². The lowest BCUT2D eigenvalue weighted by atomic mass is 9.96. The summed E-state index contributed by atoms with van der Waals surface area (Å²) in [5, 5.41) is 9.67. The number of halogens is 3. The third-order valence-corrected chi connectivity index (χ3v) is 3.19. The van der Waals surface area contributed by atoms with E-state index in [9.17, 15) is 13.9 Å². The van der Waals surface area contributed by atoms with Crippen molar-refractivity contribution in [3.8, 4) is 5.75 Å². The summed E-state index contributed by atoms with van der Waals surface area (Å²) in [6, 6.07) is 6.76. The monoisotopic (exact) mass is 294 g/mol. The molecule has 0 aromatic heterocycles. The largest absolute Gasteiger partial charge is 0.496 e. The molecule has 1 rings (SSSR count). The van der Waals surface area contributed by atoms with Crippen LogP contribution in [0.4, 0.5) is 8.78 Å². The van der Waals surface area contributed by atoms with E-state index < -0.39 is 10.4 Å². The maximum Gasteiger partial charge on any atom is 0.329 e. The van der Waals surface area contributed by atoms with Crippen LogP contribution in [0.5, 0.6) is 5.75 Å². The number of benzene rings is 1. The molecule has 0 aliphatic carbocycles. The van der Waals surface area contributed by atoms with Crippen LogP contribution in [0.1, 0.15) is 12.5 Å². The number of rotatable bonds is 4. The number of para-hydroxylation sites is 1. The van der Waals surface area contributed by atoms with E-state index in [2.05, 4.69) is 15.9 Å². The van der Waals surface area contributed by atoms with Crippen LogP contribution in [0.25, 0.3) is 0 Å². The first-order chi connectivity index (χ1) is 7.28. The van der Waals surface area contributed by atoms with Crippen molar-refractivity contribution in [1.29, 1.82) is 0 Å². The molecule has 0 saturated carbocycles. The minimum absolute atomic E-state index is 0.199. The zero-order valence-electron chi connectivity index (χ0n) is 9.01. The highest BCUT2D eigenvalue weighted by Gasteiger charge is 2.46. The molecule has 0 saturated heterocycles. The van der Waals surface area contributed by atoms with Gasteiger partial charge in [0.2, 0.25) is 0 Å². The average Bonchev–Trinajstić information content (AvgIpc) is 2.16. The minimum atomic E-state index is -3.35. The van der Waals surface area contributed by atoms with E-state index in [1.807, 2.05) is 0 Å². The maximum absolute atomic E-state index is 13.0. The van der Waals surface area contributed by atoms with Gasteiger partial charge in [0.05, 0.1) is 7.11 Å². The quantitative estimate of drug-likeness (QED) is 0.865. The van der Waals surface area contributed by atoms with Crippen LogP contribution in [0.3, 0.4) is 0 Å². The topological polar surface area (TPSA) is 29.5 Å². The predicted octanol–water partition coefficient (Wildman–Crippen LogP) is 2.98. The molecule has 0 fully saturated rings. The number of hydrogen-bond acceptors (Lipinski definition) is 2. The van der Waals surface area contributed by atoms with Gasteiger partial charge in [0, 0.05) is 6.42 Å². The SMILES string of the molecule is COc1ccccc1CC(C)(O)C(F)(F)Br. The Labute approximate surface area is 101 Å². The lowest BCUT2D eigenvalue weighted by molar-refractivity contribution is -0.102. The number of alkyl halides is 3. The van der Waals surface area contributed by atoms with Crippen molar-refractivity contribution in [3.63, 3.8) is 0 Å². The van der Waals surface area contributed by atoms with Crippen LogP contribution >= 0.6 is 15.9 Å². The number of ether oxygens (including phenoxy) is 1. The highest BCUT2D eigenvalue weighted by molar-refractivity contribution is 9.10. The second-order valence-electron chi connectivity index (χ2n) is 3.76. The molecular formula is C11H13BrF2O2. The Hall–Kier alpha value is -0.680. The molecule has 16 heavy (non-hydrogen) atoms. The van der Waals surface area contributed by atoms with E-state index in [-0.39, 0.29) is 6.42 Å². The van der Waals surface area contributed by atoms with Crippen LogP contribution < -0.4 is 4.74 Å². The maximum atomic E-state index is 13.0. The van der Waals surface area contributed by atoms with Crippen LogP contribution in [0, 0.1) is 0 Å². The summed E-state index contributed by atoms with van der Waals surface area (Å²) >= 11 is 2.18. The van der Waals surface area contributed by atoms with Gasteiger partial charge in [-0.15, -0.1) is 0 Å². The molecule has 0 aliphatic rings. The van der Waals surface area contributed by atoms with Gasteiger partial charge in [0.1, 0.15) is 11.4 Å². The van der Waals surface area contributed by atoms with E-state index in [1.54, 1.807) is 24.3 Å². The number of aliphatic hydroxyl groups is 1. The van der Waals surface area contributed by atoms with Gasteiger partial charge in [-0.1, -0.05) is 18.2 Å². The Morgan fingerprint density at radius 1 is 1.38 bits per heavy atom. The molecule has 5 heteroatoms. The predicted molar refractivity (Wildman–Crippen MR) is 61.2 cm³/mol. The molecule has 90 valence electrons. The van der Waals surface area contributed by atoms with Crippen LogP contribution in [-0.2, 0) is 6.42 Å². The summed E-state index contributed by atoms with van der Waals surface area (Å²) in [5.41, 5.74) is -1.63. The van der Waals surface area contributed by atoms with Crippen molar-refractivity contribution in [3.05, 3.63) is 29.8 Å². The summed E-state index contributed by atoms with van der Waals surface area (Å²) in [7, 11) is 1.46. The molecule has 1 N–H and O–H groups in total. The molecule has 1 aromatic rings. The van der Waals surface area contributed by atoms with E-state index in [0.717, 1.165) is 6.92 Å². The molecular weight excluding hydrogens is 282 g/mol. The van der Waals surface area contributed by atoms with Crippen LogP contribution in [0.15, 0.2) is 24.3 Å². The fraction of sp³-hybridized carbons (Fsp3) is 0.455. The smallest absolute Gasteiger partial charge is 0.329 e. The van der Waals surface area contributed by atoms with E-state index in [0.29, 0.717) is 11.3 Å². The Kier molecular flexibility index (Phi) is 3.91. The third-order valence-electron chi connectivity index (χ3n) is 2.34. The minimum Gasteiger partial charge on any atom is -0.496 e. The van der Waals surface area contributed by atoms with E-state index in [4.69, 9.17) is 4.74 Å². The summed E-state index contributed by atoms with van der Waals surface area (Å²) in [4.78, 5) is -3.35. The molecule has 1 unspecified atom stereocenters. The zero-order valence-corrected chi connectivity index (χ0v) is 10.6. The van der Waals surface area contributed by atoms with Gasteiger partial charge >= 0.3 is 4.83 Å². The van der Waals surface area contributed by atoms with E-state index >= 15 is 0 Å². The highest BCUT2D eigenvalue weighted by Crippen LogP contribution is 2.38. The number of methoxy groups -OCH3 is 1. The van der Waals surface area contributed by atoms with Crippen molar-refractivity contribution < 1.29 is 18.6 Å². The molecule has 0 amide bonds. The van der Waals surface area contributed by atoms with Crippen molar-refractivity contribution in [2.24, 2.45) is 0 Å².